The van der Waals surface area contributed by atoms with Gasteiger partial charge < -0.3 is 10.6 Å². The van der Waals surface area contributed by atoms with Crippen molar-refractivity contribution in [3.05, 3.63) is 43.6 Å². The summed E-state index contributed by atoms with van der Waals surface area (Å²) in [6.45, 7) is 1.17. The molecule has 0 saturated carbocycles. The van der Waals surface area contributed by atoms with Gasteiger partial charge in [-0.15, -0.1) is 11.3 Å². The highest BCUT2D eigenvalue weighted by molar-refractivity contribution is 9.10. The molecule has 18 heavy (non-hydrogen) atoms. The van der Waals surface area contributed by atoms with Crippen LogP contribution in [0.15, 0.2) is 28.1 Å². The summed E-state index contributed by atoms with van der Waals surface area (Å²) in [6.07, 6.45) is 0. The molecule has 0 unspecified atom stereocenters. The van der Waals surface area contributed by atoms with Crippen molar-refractivity contribution in [3.63, 3.8) is 0 Å². The van der Waals surface area contributed by atoms with Crippen molar-refractivity contribution in [1.29, 1.82) is 0 Å². The number of nitrogens with two attached hydrogens (primary N) is 1. The van der Waals surface area contributed by atoms with Crippen molar-refractivity contribution >= 4 is 44.7 Å². The molecular formula is C12H13BrClN3S. The minimum Gasteiger partial charge on any atom is -0.355 e. The molecule has 0 radical (unpaired) electrons. The van der Waals surface area contributed by atoms with Crippen LogP contribution in [0.5, 0.6) is 0 Å². The first kappa shape index (κ1) is 13.8. The van der Waals surface area contributed by atoms with Gasteiger partial charge in [-0.05, 0) is 34.1 Å². The van der Waals surface area contributed by atoms with Crippen molar-refractivity contribution in [2.75, 3.05) is 11.9 Å². The largest absolute Gasteiger partial charge is 0.355 e. The van der Waals surface area contributed by atoms with E-state index in [9.17, 15) is 0 Å². The van der Waals surface area contributed by atoms with Crippen LogP contribution in [0.4, 0.5) is 5.82 Å². The van der Waals surface area contributed by atoms with Crippen LogP contribution in [0.25, 0.3) is 0 Å². The fourth-order valence-corrected chi connectivity index (χ4v) is 3.27. The predicted molar refractivity (Wildman–Crippen MR) is 81.3 cm³/mol. The third kappa shape index (κ3) is 3.23. The SMILES string of the molecule is CN(Cc1cc(Br)cs1)c1ccc(Cl)c(CN)n1. The number of nitrogens with zero attached hydrogens (tertiary/aromatic N) is 2. The Kier molecular flexibility index (Phi) is 4.61. The molecule has 96 valence electrons. The van der Waals surface area contributed by atoms with Gasteiger partial charge in [0.2, 0.25) is 0 Å². The van der Waals surface area contributed by atoms with E-state index in [1.165, 1.54) is 4.88 Å². The Labute approximate surface area is 124 Å². The molecule has 0 saturated heterocycles. The molecule has 0 fully saturated rings. The van der Waals surface area contributed by atoms with Crippen molar-refractivity contribution in [2.24, 2.45) is 5.73 Å². The highest BCUT2D eigenvalue weighted by Crippen LogP contribution is 2.23. The Morgan fingerprint density at radius 3 is 2.89 bits per heavy atom. The lowest BCUT2D eigenvalue weighted by Gasteiger charge is -2.18. The van der Waals surface area contributed by atoms with E-state index in [-0.39, 0.29) is 0 Å². The lowest BCUT2D eigenvalue weighted by Crippen LogP contribution is -2.18. The summed E-state index contributed by atoms with van der Waals surface area (Å²) in [5.41, 5.74) is 6.34. The van der Waals surface area contributed by atoms with Gasteiger partial charge in [0.25, 0.3) is 0 Å². The first-order valence-corrected chi connectivity index (χ1v) is 7.44. The van der Waals surface area contributed by atoms with E-state index in [1.807, 2.05) is 19.2 Å². The minimum atomic E-state index is 0.352. The van der Waals surface area contributed by atoms with Crippen molar-refractivity contribution in [1.82, 2.24) is 4.98 Å². The Bertz CT molecular complexity index is 544. The summed E-state index contributed by atoms with van der Waals surface area (Å²) >= 11 is 11.2. The highest BCUT2D eigenvalue weighted by atomic mass is 79.9. The first-order valence-electron chi connectivity index (χ1n) is 5.39. The van der Waals surface area contributed by atoms with E-state index in [1.54, 1.807) is 11.3 Å². The number of rotatable bonds is 4. The Hall–Kier alpha value is -0.620. The second kappa shape index (κ2) is 6.02. The van der Waals surface area contributed by atoms with Gasteiger partial charge in [-0.1, -0.05) is 11.6 Å². The molecule has 2 aromatic rings. The second-order valence-electron chi connectivity index (χ2n) is 3.89. The van der Waals surface area contributed by atoms with Crippen molar-refractivity contribution < 1.29 is 0 Å². The summed E-state index contributed by atoms with van der Waals surface area (Å²) in [5.74, 6) is 0.879. The normalized spacial score (nSPS) is 10.7. The Morgan fingerprint density at radius 1 is 1.50 bits per heavy atom. The van der Waals surface area contributed by atoms with Crippen LogP contribution in [0, 0.1) is 0 Å². The molecule has 0 amide bonds. The molecule has 0 aliphatic carbocycles. The van der Waals surface area contributed by atoms with Crippen LogP contribution < -0.4 is 10.6 Å². The highest BCUT2D eigenvalue weighted by Gasteiger charge is 2.08. The quantitative estimate of drug-likeness (QED) is 0.918. The zero-order valence-corrected chi connectivity index (χ0v) is 13.0. The summed E-state index contributed by atoms with van der Waals surface area (Å²) in [4.78, 5) is 7.81. The maximum absolute atomic E-state index is 6.00. The van der Waals surface area contributed by atoms with Gasteiger partial charge in [-0.3, -0.25) is 0 Å². The summed E-state index contributed by atoms with van der Waals surface area (Å²) < 4.78 is 1.11. The van der Waals surface area contributed by atoms with Crippen LogP contribution in [-0.4, -0.2) is 12.0 Å². The van der Waals surface area contributed by atoms with Crippen LogP contribution in [-0.2, 0) is 13.1 Å². The molecular weight excluding hydrogens is 334 g/mol. The fourth-order valence-electron chi connectivity index (χ4n) is 1.58. The van der Waals surface area contributed by atoms with E-state index in [0.717, 1.165) is 22.5 Å². The summed E-state index contributed by atoms with van der Waals surface area (Å²) in [7, 11) is 2.00. The molecule has 0 bridgehead atoms. The first-order chi connectivity index (χ1) is 8.60. The molecule has 2 aromatic heterocycles. The topological polar surface area (TPSA) is 42.1 Å². The number of pyridine rings is 1. The van der Waals surface area contributed by atoms with Gasteiger partial charge in [0.15, 0.2) is 0 Å². The smallest absolute Gasteiger partial charge is 0.129 e. The van der Waals surface area contributed by atoms with Gasteiger partial charge in [-0.2, -0.15) is 0 Å². The fraction of sp³-hybridized carbons (Fsp3) is 0.250. The molecule has 0 aliphatic rings. The lowest BCUT2D eigenvalue weighted by molar-refractivity contribution is 0.889. The predicted octanol–water partition coefficient (Wildman–Crippen LogP) is 3.65. The number of aromatic nitrogens is 1. The molecule has 0 aromatic carbocycles. The van der Waals surface area contributed by atoms with Gasteiger partial charge >= 0.3 is 0 Å². The Morgan fingerprint density at radius 2 is 2.28 bits per heavy atom. The monoisotopic (exact) mass is 345 g/mol. The van der Waals surface area contributed by atoms with Gasteiger partial charge in [0.05, 0.1) is 17.3 Å². The minimum absolute atomic E-state index is 0.352. The molecule has 0 aliphatic heterocycles. The van der Waals surface area contributed by atoms with Crippen LogP contribution in [0.3, 0.4) is 0 Å². The van der Waals surface area contributed by atoms with E-state index in [0.29, 0.717) is 11.6 Å². The average Bonchev–Trinajstić information content (AvgIpc) is 2.75. The maximum atomic E-state index is 6.00. The number of thiophene rings is 1. The van der Waals surface area contributed by atoms with Crippen LogP contribution >= 0.6 is 38.9 Å². The number of hydrogen-bond acceptors (Lipinski definition) is 4. The van der Waals surface area contributed by atoms with Gasteiger partial charge in [-0.25, -0.2) is 4.98 Å². The molecule has 2 N–H and O–H groups in total. The second-order valence-corrected chi connectivity index (χ2v) is 6.21. The standard InChI is InChI=1S/C12H13BrClN3S/c1-17(6-9-4-8(13)7-18-9)12-3-2-10(14)11(5-15)16-12/h2-4,7H,5-6,15H2,1H3. The van der Waals surface area contributed by atoms with Crippen molar-refractivity contribution in [2.45, 2.75) is 13.1 Å². The zero-order chi connectivity index (χ0) is 13.1. The summed E-state index contributed by atoms with van der Waals surface area (Å²) in [6, 6.07) is 5.86. The van der Waals surface area contributed by atoms with E-state index >= 15 is 0 Å². The number of anilines is 1. The molecule has 6 heteroatoms. The molecule has 2 rings (SSSR count). The van der Waals surface area contributed by atoms with Crippen LogP contribution in [0.2, 0.25) is 5.02 Å². The molecule has 2 heterocycles. The average molecular weight is 347 g/mol. The van der Waals surface area contributed by atoms with Crippen molar-refractivity contribution in [3.8, 4) is 0 Å². The molecule has 3 nitrogen and oxygen atoms in total. The Balaban J connectivity index is 2.15. The third-order valence-electron chi connectivity index (χ3n) is 2.50. The number of halogens is 2. The van der Waals surface area contributed by atoms with E-state index < -0.39 is 0 Å². The van der Waals surface area contributed by atoms with Gasteiger partial charge in [0.1, 0.15) is 5.82 Å². The van der Waals surface area contributed by atoms with Gasteiger partial charge in [0, 0.05) is 28.3 Å². The van der Waals surface area contributed by atoms with E-state index in [2.05, 4.69) is 37.3 Å². The van der Waals surface area contributed by atoms with Crippen LogP contribution in [0.1, 0.15) is 10.6 Å². The zero-order valence-electron chi connectivity index (χ0n) is 9.86. The number of hydrogen-bond donors (Lipinski definition) is 1. The molecule has 0 spiro atoms. The third-order valence-corrected chi connectivity index (χ3v) is 4.53. The summed E-state index contributed by atoms with van der Waals surface area (Å²) in [5, 5.41) is 2.69. The lowest BCUT2D eigenvalue weighted by atomic mass is 10.3. The van der Waals surface area contributed by atoms with E-state index in [4.69, 9.17) is 17.3 Å². The maximum Gasteiger partial charge on any atom is 0.129 e. The molecule has 0 atom stereocenters.